The van der Waals surface area contributed by atoms with E-state index in [0.29, 0.717) is 10.0 Å². The van der Waals surface area contributed by atoms with Gasteiger partial charge in [-0.2, -0.15) is 5.10 Å². The number of aliphatic hydroxyl groups excluding tert-OH is 1. The highest BCUT2D eigenvalue weighted by molar-refractivity contribution is 9.10. The molecular weight excluding hydrogens is 365 g/mol. The van der Waals surface area contributed by atoms with Crippen molar-refractivity contribution >= 4 is 26.0 Å². The molecule has 1 aromatic carbocycles. The smallest absolute Gasteiger partial charge is 0.244 e. The van der Waals surface area contributed by atoms with Gasteiger partial charge in [0.2, 0.25) is 10.0 Å². The van der Waals surface area contributed by atoms with Crippen molar-refractivity contribution in [3.8, 4) is 0 Å². The van der Waals surface area contributed by atoms with E-state index in [4.69, 9.17) is 5.11 Å². The molecule has 1 aromatic heterocycles. The third kappa shape index (κ3) is 3.49. The van der Waals surface area contributed by atoms with Gasteiger partial charge >= 0.3 is 0 Å². The van der Waals surface area contributed by atoms with Crippen LogP contribution in [0.25, 0.3) is 0 Å². The van der Waals surface area contributed by atoms with E-state index in [1.54, 1.807) is 13.1 Å². The highest BCUT2D eigenvalue weighted by Gasteiger charge is 2.24. The van der Waals surface area contributed by atoms with Crippen LogP contribution < -0.4 is 4.72 Å². The van der Waals surface area contributed by atoms with E-state index >= 15 is 0 Å². The molecule has 2 aromatic rings. The average molecular weight is 378 g/mol. The molecule has 1 atom stereocenters. The molecule has 2 rings (SSSR count). The van der Waals surface area contributed by atoms with Crippen LogP contribution in [0.3, 0.4) is 0 Å². The van der Waals surface area contributed by atoms with E-state index in [1.165, 1.54) is 12.3 Å². The van der Waals surface area contributed by atoms with Gasteiger partial charge in [-0.1, -0.05) is 15.9 Å². The van der Waals surface area contributed by atoms with Gasteiger partial charge in [-0.25, -0.2) is 17.5 Å². The van der Waals surface area contributed by atoms with Gasteiger partial charge in [0.05, 0.1) is 12.8 Å². The number of hydrogen-bond donors (Lipinski definition) is 3. The Kier molecular flexibility index (Phi) is 4.77. The largest absolute Gasteiger partial charge is 0.392 e. The quantitative estimate of drug-likeness (QED) is 0.740. The number of benzene rings is 1. The zero-order valence-corrected chi connectivity index (χ0v) is 13.4. The Morgan fingerprint density at radius 1 is 1.52 bits per heavy atom. The lowest BCUT2D eigenvalue weighted by atomic mass is 10.2. The van der Waals surface area contributed by atoms with Crippen LogP contribution in [0.4, 0.5) is 4.39 Å². The zero-order valence-electron chi connectivity index (χ0n) is 11.0. The molecule has 0 aliphatic carbocycles. The maximum atomic E-state index is 14.1. The lowest BCUT2D eigenvalue weighted by Gasteiger charge is -2.14. The fraction of sp³-hybridized carbons (Fsp3) is 0.250. The summed E-state index contributed by atoms with van der Waals surface area (Å²) in [5.41, 5.74) is 0.525. The lowest BCUT2D eigenvalue weighted by Crippen LogP contribution is -2.27. The topological polar surface area (TPSA) is 95.1 Å². The van der Waals surface area contributed by atoms with Crippen molar-refractivity contribution in [2.24, 2.45) is 0 Å². The van der Waals surface area contributed by atoms with Crippen molar-refractivity contribution in [2.75, 3.05) is 0 Å². The summed E-state index contributed by atoms with van der Waals surface area (Å²) in [7, 11) is -4.08. The molecule has 0 saturated carbocycles. The summed E-state index contributed by atoms with van der Waals surface area (Å²) in [4.78, 5) is -0.517. The molecule has 0 bridgehead atoms. The number of rotatable bonds is 5. The van der Waals surface area contributed by atoms with Crippen LogP contribution in [0, 0.1) is 5.82 Å². The number of hydrogen-bond acceptors (Lipinski definition) is 4. The minimum absolute atomic E-state index is 0.0966. The van der Waals surface area contributed by atoms with Gasteiger partial charge in [-0.15, -0.1) is 0 Å². The predicted molar refractivity (Wildman–Crippen MR) is 77.3 cm³/mol. The molecule has 114 valence electrons. The molecule has 0 aliphatic heterocycles. The molecule has 0 spiro atoms. The first-order valence-electron chi connectivity index (χ1n) is 5.95. The molecule has 1 heterocycles. The molecule has 0 aliphatic rings. The minimum atomic E-state index is -4.08. The Morgan fingerprint density at radius 2 is 2.24 bits per heavy atom. The molecule has 0 radical (unpaired) electrons. The summed E-state index contributed by atoms with van der Waals surface area (Å²) < 4.78 is 41.4. The Labute approximate surface area is 129 Å². The summed E-state index contributed by atoms with van der Waals surface area (Å²) >= 11 is 3.10. The lowest BCUT2D eigenvalue weighted by molar-refractivity contribution is 0.274. The van der Waals surface area contributed by atoms with Gasteiger partial charge in [0, 0.05) is 27.8 Å². The maximum Gasteiger partial charge on any atom is 0.244 e. The fourth-order valence-corrected chi connectivity index (χ4v) is 3.83. The number of aromatic nitrogens is 2. The van der Waals surface area contributed by atoms with E-state index in [-0.39, 0.29) is 5.56 Å². The molecule has 0 amide bonds. The van der Waals surface area contributed by atoms with Crippen molar-refractivity contribution in [3.05, 3.63) is 45.9 Å². The van der Waals surface area contributed by atoms with Gasteiger partial charge < -0.3 is 5.11 Å². The molecule has 0 saturated heterocycles. The van der Waals surface area contributed by atoms with E-state index in [2.05, 4.69) is 30.8 Å². The predicted octanol–water partition coefficient (Wildman–Crippen LogP) is 1.84. The number of aliphatic hydroxyl groups is 1. The van der Waals surface area contributed by atoms with Crippen molar-refractivity contribution in [1.82, 2.24) is 14.9 Å². The van der Waals surface area contributed by atoms with Gasteiger partial charge in [0.15, 0.2) is 0 Å². The molecule has 9 heteroatoms. The highest BCUT2D eigenvalue weighted by Crippen LogP contribution is 2.25. The number of H-pyrrole nitrogens is 1. The fourth-order valence-electron chi connectivity index (χ4n) is 1.79. The standard InChI is InChI=1S/C12H13BrFN3O3S/c1-7(9-4-15-16-5-9)17-21(19,20)11-3-10(13)2-8(6-18)12(11)14/h2-5,7,17-18H,6H2,1H3,(H,15,16). The first-order valence-corrected chi connectivity index (χ1v) is 8.22. The summed E-state index contributed by atoms with van der Waals surface area (Å²) in [6.07, 6.45) is 3.02. The van der Waals surface area contributed by atoms with Crippen molar-refractivity contribution in [1.29, 1.82) is 0 Å². The van der Waals surface area contributed by atoms with Crippen LogP contribution in [0.15, 0.2) is 33.9 Å². The van der Waals surface area contributed by atoms with Crippen molar-refractivity contribution in [2.45, 2.75) is 24.5 Å². The van der Waals surface area contributed by atoms with E-state index < -0.39 is 33.4 Å². The van der Waals surface area contributed by atoms with Gasteiger partial charge in [-0.05, 0) is 19.1 Å². The average Bonchev–Trinajstić information content (AvgIpc) is 2.94. The molecule has 6 nitrogen and oxygen atoms in total. The van der Waals surface area contributed by atoms with Gasteiger partial charge in [-0.3, -0.25) is 5.10 Å². The van der Waals surface area contributed by atoms with E-state index in [0.717, 1.165) is 6.07 Å². The third-order valence-electron chi connectivity index (χ3n) is 2.89. The zero-order chi connectivity index (χ0) is 15.6. The summed E-state index contributed by atoms with van der Waals surface area (Å²) in [5.74, 6) is -0.965. The first kappa shape index (κ1) is 16.1. The Bertz CT molecular complexity index is 734. The maximum absolute atomic E-state index is 14.1. The Hall–Kier alpha value is -1.29. The second kappa shape index (κ2) is 6.22. The van der Waals surface area contributed by atoms with Crippen molar-refractivity contribution < 1.29 is 17.9 Å². The Morgan fingerprint density at radius 3 is 2.81 bits per heavy atom. The number of halogens is 2. The summed E-state index contributed by atoms with van der Waals surface area (Å²) in [6.45, 7) is 1.02. The molecular formula is C12H13BrFN3O3S. The van der Waals surface area contributed by atoms with E-state index in [9.17, 15) is 12.8 Å². The minimum Gasteiger partial charge on any atom is -0.392 e. The number of nitrogens with one attached hydrogen (secondary N) is 2. The number of sulfonamides is 1. The van der Waals surface area contributed by atoms with E-state index in [1.807, 2.05) is 0 Å². The second-order valence-corrected chi connectivity index (χ2v) is 7.01. The van der Waals surface area contributed by atoms with Crippen molar-refractivity contribution in [3.63, 3.8) is 0 Å². The SMILES string of the molecule is CC(NS(=O)(=O)c1cc(Br)cc(CO)c1F)c1cn[nH]c1. The molecule has 21 heavy (non-hydrogen) atoms. The van der Waals surface area contributed by atoms with Crippen LogP contribution in [-0.2, 0) is 16.6 Å². The van der Waals surface area contributed by atoms with Crippen LogP contribution in [0.1, 0.15) is 24.1 Å². The van der Waals surface area contributed by atoms with Gasteiger partial charge in [0.1, 0.15) is 10.7 Å². The van der Waals surface area contributed by atoms with Crippen LogP contribution in [-0.4, -0.2) is 23.7 Å². The normalized spacial score (nSPS) is 13.3. The molecule has 0 fully saturated rings. The summed E-state index contributed by atoms with van der Waals surface area (Å²) in [5, 5.41) is 15.4. The number of aromatic amines is 1. The van der Waals surface area contributed by atoms with Gasteiger partial charge in [0.25, 0.3) is 0 Å². The third-order valence-corrected chi connectivity index (χ3v) is 4.89. The van der Waals surface area contributed by atoms with Crippen LogP contribution in [0.2, 0.25) is 0 Å². The summed E-state index contributed by atoms with van der Waals surface area (Å²) in [6, 6.07) is 1.90. The second-order valence-electron chi connectivity index (χ2n) is 4.41. The molecule has 3 N–H and O–H groups in total. The van der Waals surface area contributed by atoms with Crippen LogP contribution in [0.5, 0.6) is 0 Å². The monoisotopic (exact) mass is 377 g/mol. The highest BCUT2D eigenvalue weighted by atomic mass is 79.9. The first-order chi connectivity index (χ1) is 9.85. The number of nitrogens with zero attached hydrogens (tertiary/aromatic N) is 1. The molecule has 1 unspecified atom stereocenters. The Balaban J connectivity index is 2.38. The van der Waals surface area contributed by atoms with Crippen LogP contribution >= 0.6 is 15.9 Å².